The molecule has 0 radical (unpaired) electrons. The van der Waals surface area contributed by atoms with Crippen LogP contribution >= 0.6 is 0 Å². The molecule has 1 aliphatic carbocycles. The molecular formula is C15H17NO3. The second kappa shape index (κ2) is 4.68. The predicted octanol–water partition coefficient (Wildman–Crippen LogP) is 2.46. The van der Waals surface area contributed by atoms with Crippen LogP contribution in [0.25, 0.3) is 0 Å². The summed E-state index contributed by atoms with van der Waals surface area (Å²) in [6.07, 6.45) is 4.96. The Bertz CT molecular complexity index is 534. The molecule has 1 N–H and O–H groups in total. The molecule has 0 spiro atoms. The third kappa shape index (κ3) is 2.11. The van der Waals surface area contributed by atoms with Crippen molar-refractivity contribution >= 4 is 17.6 Å². The highest BCUT2D eigenvalue weighted by Crippen LogP contribution is 2.34. The molecule has 1 aliphatic heterocycles. The summed E-state index contributed by atoms with van der Waals surface area (Å²) < 4.78 is 0. The SMILES string of the molecule is O=C(O)c1ccc2c(c1)N(C(=O)C1CCC1)CCC2. The molecular weight excluding hydrogens is 242 g/mol. The van der Waals surface area contributed by atoms with Gasteiger partial charge >= 0.3 is 5.97 Å². The van der Waals surface area contributed by atoms with Gasteiger partial charge in [0.2, 0.25) is 5.91 Å². The van der Waals surface area contributed by atoms with Crippen molar-refractivity contribution in [3.8, 4) is 0 Å². The van der Waals surface area contributed by atoms with Crippen molar-refractivity contribution in [2.45, 2.75) is 32.1 Å². The normalized spacial score (nSPS) is 18.6. The Morgan fingerprint density at radius 3 is 2.63 bits per heavy atom. The van der Waals surface area contributed by atoms with Crippen LogP contribution in [0.2, 0.25) is 0 Å². The molecule has 0 aromatic heterocycles. The van der Waals surface area contributed by atoms with E-state index in [1.807, 2.05) is 6.07 Å². The van der Waals surface area contributed by atoms with Crippen molar-refractivity contribution in [1.29, 1.82) is 0 Å². The van der Waals surface area contributed by atoms with E-state index in [-0.39, 0.29) is 17.4 Å². The quantitative estimate of drug-likeness (QED) is 0.887. The van der Waals surface area contributed by atoms with Crippen LogP contribution in [0.4, 0.5) is 5.69 Å². The number of carboxylic acid groups (broad SMARTS) is 1. The predicted molar refractivity (Wildman–Crippen MR) is 71.4 cm³/mol. The van der Waals surface area contributed by atoms with Gasteiger partial charge in [-0.2, -0.15) is 0 Å². The molecule has 1 saturated carbocycles. The third-order valence-electron chi connectivity index (χ3n) is 4.17. The Labute approximate surface area is 112 Å². The number of anilines is 1. The first kappa shape index (κ1) is 12.2. The Kier molecular flexibility index (Phi) is 3.01. The summed E-state index contributed by atoms with van der Waals surface area (Å²) in [6.45, 7) is 0.714. The van der Waals surface area contributed by atoms with Crippen molar-refractivity contribution < 1.29 is 14.7 Å². The molecule has 3 rings (SSSR count). The summed E-state index contributed by atoms with van der Waals surface area (Å²) in [5.41, 5.74) is 2.15. The van der Waals surface area contributed by atoms with Crippen molar-refractivity contribution in [2.24, 2.45) is 5.92 Å². The molecule has 1 fully saturated rings. The zero-order valence-corrected chi connectivity index (χ0v) is 10.8. The summed E-state index contributed by atoms with van der Waals surface area (Å²) in [4.78, 5) is 25.3. The number of amides is 1. The van der Waals surface area contributed by atoms with Crippen LogP contribution in [0.5, 0.6) is 0 Å². The average molecular weight is 259 g/mol. The molecule has 4 nitrogen and oxygen atoms in total. The lowest BCUT2D eigenvalue weighted by Crippen LogP contribution is -2.41. The van der Waals surface area contributed by atoms with Crippen LogP contribution in [-0.4, -0.2) is 23.5 Å². The molecule has 1 amide bonds. The van der Waals surface area contributed by atoms with Gasteiger partial charge in [-0.15, -0.1) is 0 Å². The number of nitrogens with zero attached hydrogens (tertiary/aromatic N) is 1. The van der Waals surface area contributed by atoms with Gasteiger partial charge in [-0.25, -0.2) is 4.79 Å². The number of carbonyl (C=O) groups excluding carboxylic acids is 1. The molecule has 100 valence electrons. The summed E-state index contributed by atoms with van der Waals surface area (Å²) in [7, 11) is 0. The second-order valence-corrected chi connectivity index (χ2v) is 5.37. The van der Waals surface area contributed by atoms with Gasteiger partial charge in [0.1, 0.15) is 0 Å². The number of aromatic carboxylic acids is 1. The first-order valence-corrected chi connectivity index (χ1v) is 6.84. The van der Waals surface area contributed by atoms with Gasteiger partial charge in [-0.3, -0.25) is 4.79 Å². The molecule has 1 heterocycles. The fraction of sp³-hybridized carbons (Fsp3) is 0.467. The second-order valence-electron chi connectivity index (χ2n) is 5.37. The molecule has 0 saturated heterocycles. The number of hydrogen-bond acceptors (Lipinski definition) is 2. The third-order valence-corrected chi connectivity index (χ3v) is 4.17. The zero-order chi connectivity index (χ0) is 13.4. The van der Waals surface area contributed by atoms with Gasteiger partial charge in [0.15, 0.2) is 0 Å². The lowest BCUT2D eigenvalue weighted by Gasteiger charge is -2.35. The van der Waals surface area contributed by atoms with Gasteiger partial charge in [-0.05, 0) is 43.4 Å². The van der Waals surface area contributed by atoms with Gasteiger partial charge in [-0.1, -0.05) is 12.5 Å². The van der Waals surface area contributed by atoms with E-state index in [1.54, 1.807) is 17.0 Å². The van der Waals surface area contributed by atoms with E-state index in [0.717, 1.165) is 43.4 Å². The fourth-order valence-corrected chi connectivity index (χ4v) is 2.81. The fourth-order valence-electron chi connectivity index (χ4n) is 2.81. The van der Waals surface area contributed by atoms with Crippen molar-refractivity contribution in [3.63, 3.8) is 0 Å². The molecule has 1 aromatic carbocycles. The molecule has 0 bridgehead atoms. The molecule has 4 heteroatoms. The summed E-state index contributed by atoms with van der Waals surface area (Å²) >= 11 is 0. The summed E-state index contributed by atoms with van der Waals surface area (Å²) in [5.74, 6) is -0.612. The Morgan fingerprint density at radius 1 is 1.21 bits per heavy atom. The van der Waals surface area contributed by atoms with E-state index in [2.05, 4.69) is 0 Å². The number of hydrogen-bond donors (Lipinski definition) is 1. The minimum atomic E-state index is -0.940. The number of carboxylic acids is 1. The van der Waals surface area contributed by atoms with Gasteiger partial charge in [0.25, 0.3) is 0 Å². The lowest BCUT2D eigenvalue weighted by molar-refractivity contribution is -0.124. The molecule has 2 aliphatic rings. The van der Waals surface area contributed by atoms with E-state index < -0.39 is 5.97 Å². The van der Waals surface area contributed by atoms with Crippen LogP contribution in [0.1, 0.15) is 41.6 Å². The van der Waals surface area contributed by atoms with Crippen LogP contribution in [0, 0.1) is 5.92 Å². The van der Waals surface area contributed by atoms with Gasteiger partial charge < -0.3 is 10.0 Å². The highest BCUT2D eigenvalue weighted by Gasteiger charge is 2.32. The van der Waals surface area contributed by atoms with E-state index in [9.17, 15) is 9.59 Å². The van der Waals surface area contributed by atoms with Crippen LogP contribution in [-0.2, 0) is 11.2 Å². The monoisotopic (exact) mass is 259 g/mol. The van der Waals surface area contributed by atoms with Crippen molar-refractivity contribution in [3.05, 3.63) is 29.3 Å². The molecule has 0 unspecified atom stereocenters. The summed E-state index contributed by atoms with van der Waals surface area (Å²) in [6, 6.07) is 5.12. The minimum absolute atomic E-state index is 0.152. The van der Waals surface area contributed by atoms with Crippen molar-refractivity contribution in [2.75, 3.05) is 11.4 Å². The van der Waals surface area contributed by atoms with E-state index in [4.69, 9.17) is 5.11 Å². The van der Waals surface area contributed by atoms with Crippen LogP contribution < -0.4 is 4.90 Å². The Morgan fingerprint density at radius 2 is 2.00 bits per heavy atom. The highest BCUT2D eigenvalue weighted by molar-refractivity contribution is 5.98. The maximum absolute atomic E-state index is 12.4. The average Bonchev–Trinajstić information content (AvgIpc) is 2.35. The van der Waals surface area contributed by atoms with Gasteiger partial charge in [0.05, 0.1) is 5.56 Å². The molecule has 1 aromatic rings. The lowest BCUT2D eigenvalue weighted by atomic mass is 9.83. The topological polar surface area (TPSA) is 57.6 Å². The smallest absolute Gasteiger partial charge is 0.335 e. The maximum atomic E-state index is 12.4. The van der Waals surface area contributed by atoms with Crippen molar-refractivity contribution in [1.82, 2.24) is 0 Å². The number of carbonyl (C=O) groups is 2. The standard InChI is InChI=1S/C15H17NO3/c17-14(11-3-1-4-11)16-8-2-5-10-6-7-12(15(18)19)9-13(10)16/h6-7,9,11H,1-5,8H2,(H,18,19). The number of aryl methyl sites for hydroxylation is 1. The Hall–Kier alpha value is -1.84. The Balaban J connectivity index is 1.95. The minimum Gasteiger partial charge on any atom is -0.478 e. The highest BCUT2D eigenvalue weighted by atomic mass is 16.4. The largest absolute Gasteiger partial charge is 0.478 e. The van der Waals surface area contributed by atoms with E-state index >= 15 is 0 Å². The van der Waals surface area contributed by atoms with Crippen LogP contribution in [0.15, 0.2) is 18.2 Å². The molecule has 0 atom stereocenters. The molecule has 19 heavy (non-hydrogen) atoms. The number of fused-ring (bicyclic) bond motifs is 1. The zero-order valence-electron chi connectivity index (χ0n) is 10.8. The number of rotatable bonds is 2. The first-order chi connectivity index (χ1) is 9.16. The number of benzene rings is 1. The summed E-state index contributed by atoms with van der Waals surface area (Å²) in [5, 5.41) is 9.07. The van der Waals surface area contributed by atoms with Gasteiger partial charge in [0, 0.05) is 18.2 Å². The van der Waals surface area contributed by atoms with E-state index in [1.165, 1.54) is 0 Å². The van der Waals surface area contributed by atoms with Crippen LogP contribution in [0.3, 0.4) is 0 Å². The maximum Gasteiger partial charge on any atom is 0.335 e. The first-order valence-electron chi connectivity index (χ1n) is 6.84. The van der Waals surface area contributed by atoms with E-state index in [0.29, 0.717) is 6.54 Å².